The van der Waals surface area contributed by atoms with Crippen LogP contribution in [-0.4, -0.2) is 52.1 Å². The molecule has 8 nitrogen and oxygen atoms in total. The summed E-state index contributed by atoms with van der Waals surface area (Å²) >= 11 is 0. The van der Waals surface area contributed by atoms with Gasteiger partial charge in [-0.15, -0.1) is 0 Å². The van der Waals surface area contributed by atoms with Crippen LogP contribution in [0, 0.1) is 0 Å². The first-order valence-corrected chi connectivity index (χ1v) is 8.15. The molecule has 1 atom stereocenters. The topological polar surface area (TPSA) is 99.7 Å². The standard InChI is InChI=1S/C17H18N4O4/c18-16(22)11-9-21-8-7-20(6-5-15(21)19-11)17(23)14-10-24-12-3-1-2-4-13(12)25-14/h1-4,9,14H,5-8,10H2,(H2,18,22). The number of rotatable bonds is 2. The minimum absolute atomic E-state index is 0.101. The first kappa shape index (κ1) is 15.5. The van der Waals surface area contributed by atoms with Crippen molar-refractivity contribution in [2.24, 2.45) is 5.73 Å². The van der Waals surface area contributed by atoms with Gasteiger partial charge in [0.05, 0.1) is 0 Å². The van der Waals surface area contributed by atoms with Crippen LogP contribution in [0.2, 0.25) is 0 Å². The maximum atomic E-state index is 12.8. The molecule has 25 heavy (non-hydrogen) atoms. The molecule has 2 N–H and O–H groups in total. The zero-order valence-corrected chi connectivity index (χ0v) is 13.6. The average molecular weight is 342 g/mol. The van der Waals surface area contributed by atoms with Crippen molar-refractivity contribution in [1.29, 1.82) is 0 Å². The Morgan fingerprint density at radius 1 is 1.16 bits per heavy atom. The number of amides is 2. The number of para-hydroxylation sites is 2. The number of nitrogens with two attached hydrogens (primary N) is 1. The average Bonchev–Trinajstić information content (AvgIpc) is 2.94. The highest BCUT2D eigenvalue weighted by Crippen LogP contribution is 2.31. The lowest BCUT2D eigenvalue weighted by Crippen LogP contribution is -2.47. The molecule has 0 fully saturated rings. The van der Waals surface area contributed by atoms with E-state index in [9.17, 15) is 9.59 Å². The molecular weight excluding hydrogens is 324 g/mol. The third kappa shape index (κ3) is 2.90. The molecule has 1 aromatic carbocycles. The molecule has 0 radical (unpaired) electrons. The van der Waals surface area contributed by atoms with Gasteiger partial charge in [0.2, 0.25) is 6.10 Å². The van der Waals surface area contributed by atoms with Gasteiger partial charge in [-0.3, -0.25) is 9.59 Å². The second-order valence-corrected chi connectivity index (χ2v) is 6.04. The number of fused-ring (bicyclic) bond motifs is 2. The number of imidazole rings is 1. The second kappa shape index (κ2) is 6.12. The number of nitrogens with zero attached hydrogens (tertiary/aromatic N) is 3. The van der Waals surface area contributed by atoms with Gasteiger partial charge in [0.1, 0.15) is 18.1 Å². The van der Waals surface area contributed by atoms with Gasteiger partial charge < -0.3 is 24.7 Å². The van der Waals surface area contributed by atoms with E-state index in [4.69, 9.17) is 15.2 Å². The number of primary amides is 1. The summed E-state index contributed by atoms with van der Waals surface area (Å²) in [7, 11) is 0. The smallest absolute Gasteiger partial charge is 0.268 e. The van der Waals surface area contributed by atoms with Crippen LogP contribution < -0.4 is 15.2 Å². The minimum Gasteiger partial charge on any atom is -0.485 e. The Morgan fingerprint density at radius 3 is 2.76 bits per heavy atom. The lowest BCUT2D eigenvalue weighted by molar-refractivity contribution is -0.141. The van der Waals surface area contributed by atoms with Gasteiger partial charge in [-0.2, -0.15) is 0 Å². The van der Waals surface area contributed by atoms with Gasteiger partial charge in [0.25, 0.3) is 11.8 Å². The van der Waals surface area contributed by atoms with Gasteiger partial charge in [0, 0.05) is 32.3 Å². The largest absolute Gasteiger partial charge is 0.485 e. The molecule has 2 aliphatic heterocycles. The van der Waals surface area contributed by atoms with Crippen LogP contribution in [0.4, 0.5) is 0 Å². The molecule has 2 amide bonds. The zero-order chi connectivity index (χ0) is 17.4. The summed E-state index contributed by atoms with van der Waals surface area (Å²) in [5, 5.41) is 0. The molecule has 0 aliphatic carbocycles. The van der Waals surface area contributed by atoms with Crippen molar-refractivity contribution in [2.45, 2.75) is 19.1 Å². The lowest BCUT2D eigenvalue weighted by Gasteiger charge is -2.30. The molecule has 1 aromatic heterocycles. The van der Waals surface area contributed by atoms with E-state index in [0.29, 0.717) is 37.6 Å². The molecular formula is C17H18N4O4. The summed E-state index contributed by atoms with van der Waals surface area (Å²) in [6, 6.07) is 7.31. The van der Waals surface area contributed by atoms with Crippen molar-refractivity contribution >= 4 is 11.8 Å². The minimum atomic E-state index is -0.651. The molecule has 2 aliphatic rings. The number of carbonyl (C=O) groups excluding carboxylic acids is 2. The summed E-state index contributed by atoms with van der Waals surface area (Å²) in [6.45, 7) is 1.78. The summed E-state index contributed by atoms with van der Waals surface area (Å²) in [5.41, 5.74) is 5.53. The highest BCUT2D eigenvalue weighted by molar-refractivity contribution is 5.90. The number of hydrogen-bond donors (Lipinski definition) is 1. The highest BCUT2D eigenvalue weighted by Gasteiger charge is 2.32. The summed E-state index contributed by atoms with van der Waals surface area (Å²) in [4.78, 5) is 30.0. The summed E-state index contributed by atoms with van der Waals surface area (Å²) in [6.07, 6.45) is 1.55. The van der Waals surface area contributed by atoms with Crippen molar-refractivity contribution in [3.8, 4) is 11.5 Å². The van der Waals surface area contributed by atoms with E-state index in [1.54, 1.807) is 17.2 Å². The summed E-state index contributed by atoms with van der Waals surface area (Å²) < 4.78 is 13.3. The fraction of sp³-hybridized carbons (Fsp3) is 0.353. The highest BCUT2D eigenvalue weighted by atomic mass is 16.6. The van der Waals surface area contributed by atoms with E-state index < -0.39 is 12.0 Å². The van der Waals surface area contributed by atoms with Crippen LogP contribution in [-0.2, 0) is 17.8 Å². The Kier molecular flexibility index (Phi) is 3.79. The number of benzene rings is 1. The van der Waals surface area contributed by atoms with Crippen LogP contribution in [0.15, 0.2) is 30.5 Å². The Labute approximate surface area is 144 Å². The van der Waals surface area contributed by atoms with Crippen molar-refractivity contribution in [1.82, 2.24) is 14.5 Å². The van der Waals surface area contributed by atoms with Crippen molar-refractivity contribution in [2.75, 3.05) is 19.7 Å². The van der Waals surface area contributed by atoms with Gasteiger partial charge >= 0.3 is 0 Å². The molecule has 3 heterocycles. The SMILES string of the molecule is NC(=O)c1cn2c(n1)CCN(C(=O)C1COc3ccccc3O1)CC2. The molecule has 0 bridgehead atoms. The zero-order valence-electron chi connectivity index (χ0n) is 13.6. The van der Waals surface area contributed by atoms with Crippen molar-refractivity contribution < 1.29 is 19.1 Å². The molecule has 0 spiro atoms. The Balaban J connectivity index is 1.44. The van der Waals surface area contributed by atoms with E-state index in [-0.39, 0.29) is 18.2 Å². The Hall–Kier alpha value is -3.03. The molecule has 0 saturated heterocycles. The molecule has 1 unspecified atom stereocenters. The van der Waals surface area contributed by atoms with Gasteiger partial charge in [-0.05, 0) is 12.1 Å². The quantitative estimate of drug-likeness (QED) is 0.841. The number of carbonyl (C=O) groups is 2. The van der Waals surface area contributed by atoms with Crippen LogP contribution in [0.3, 0.4) is 0 Å². The van der Waals surface area contributed by atoms with Gasteiger partial charge in [-0.25, -0.2) is 4.98 Å². The van der Waals surface area contributed by atoms with Crippen LogP contribution in [0.5, 0.6) is 11.5 Å². The van der Waals surface area contributed by atoms with E-state index in [1.807, 2.05) is 22.8 Å². The van der Waals surface area contributed by atoms with Gasteiger partial charge in [0.15, 0.2) is 11.5 Å². The monoisotopic (exact) mass is 342 g/mol. The Morgan fingerprint density at radius 2 is 1.96 bits per heavy atom. The maximum Gasteiger partial charge on any atom is 0.268 e. The molecule has 8 heteroatoms. The van der Waals surface area contributed by atoms with E-state index in [0.717, 1.165) is 5.82 Å². The number of hydrogen-bond acceptors (Lipinski definition) is 5. The third-order valence-corrected chi connectivity index (χ3v) is 4.42. The third-order valence-electron chi connectivity index (χ3n) is 4.42. The van der Waals surface area contributed by atoms with Crippen LogP contribution in [0.25, 0.3) is 0 Å². The maximum absolute atomic E-state index is 12.8. The number of ether oxygens (including phenoxy) is 2. The fourth-order valence-corrected chi connectivity index (χ4v) is 3.11. The second-order valence-electron chi connectivity index (χ2n) is 6.04. The van der Waals surface area contributed by atoms with Crippen molar-refractivity contribution in [3.63, 3.8) is 0 Å². The van der Waals surface area contributed by atoms with Crippen LogP contribution >= 0.6 is 0 Å². The van der Waals surface area contributed by atoms with E-state index in [2.05, 4.69) is 4.98 Å². The number of aromatic nitrogens is 2. The normalized spacial score (nSPS) is 19.0. The fourth-order valence-electron chi connectivity index (χ4n) is 3.11. The Bertz CT molecular complexity index is 806. The first-order valence-electron chi connectivity index (χ1n) is 8.15. The van der Waals surface area contributed by atoms with Gasteiger partial charge in [-0.1, -0.05) is 12.1 Å². The molecule has 130 valence electrons. The molecule has 4 rings (SSSR count). The van der Waals surface area contributed by atoms with Crippen LogP contribution in [0.1, 0.15) is 16.3 Å². The van der Waals surface area contributed by atoms with E-state index >= 15 is 0 Å². The predicted octanol–water partition coefficient (Wildman–Crippen LogP) is 0.207. The first-order chi connectivity index (χ1) is 12.1. The lowest BCUT2D eigenvalue weighted by atomic mass is 10.2. The summed E-state index contributed by atoms with van der Waals surface area (Å²) in [5.74, 6) is 1.35. The van der Waals surface area contributed by atoms with E-state index in [1.165, 1.54) is 0 Å². The predicted molar refractivity (Wildman–Crippen MR) is 87.4 cm³/mol. The molecule has 0 saturated carbocycles. The molecule has 2 aromatic rings. The van der Waals surface area contributed by atoms with Crippen molar-refractivity contribution in [3.05, 3.63) is 42.0 Å².